The van der Waals surface area contributed by atoms with Crippen molar-refractivity contribution in [2.24, 2.45) is 11.8 Å². The van der Waals surface area contributed by atoms with Gasteiger partial charge in [-0.05, 0) is 24.8 Å². The number of nitrogens with one attached hydrogen (secondary N) is 1. The fourth-order valence-electron chi connectivity index (χ4n) is 3.70. The molecule has 2 aromatic rings. The summed E-state index contributed by atoms with van der Waals surface area (Å²) in [4.78, 5) is 42.8. The van der Waals surface area contributed by atoms with Crippen LogP contribution in [0.15, 0.2) is 41.8 Å². The molecule has 2 heterocycles. The van der Waals surface area contributed by atoms with E-state index in [0.29, 0.717) is 18.0 Å². The number of thiazole rings is 1. The number of fused-ring (bicyclic) bond motifs is 1. The number of imide groups is 1. The van der Waals surface area contributed by atoms with E-state index in [4.69, 9.17) is 0 Å². The molecule has 3 amide bonds. The van der Waals surface area contributed by atoms with Gasteiger partial charge in [-0.25, -0.2) is 4.98 Å². The molecule has 1 aromatic heterocycles. The molecule has 1 N–H and O–H groups in total. The number of amides is 3. The molecule has 0 unspecified atom stereocenters. The maximum atomic E-state index is 12.5. The maximum Gasteiger partial charge on any atom is 0.246 e. The number of aromatic nitrogens is 1. The van der Waals surface area contributed by atoms with Crippen LogP contribution in [0.1, 0.15) is 25.3 Å². The van der Waals surface area contributed by atoms with Crippen LogP contribution in [0.5, 0.6) is 0 Å². The molecule has 28 heavy (non-hydrogen) atoms. The number of hydrogen-bond donors (Lipinski definition) is 1. The number of nitrogens with zero attached hydrogens (tertiary/aromatic N) is 2. The lowest BCUT2D eigenvalue weighted by Gasteiger charge is -2.14. The molecule has 6 nitrogen and oxygen atoms in total. The molecule has 1 fully saturated rings. The zero-order valence-electron chi connectivity index (χ0n) is 15.6. The number of carbonyl (C=O) groups excluding carboxylic acids is 3. The lowest BCUT2D eigenvalue weighted by molar-refractivity contribution is -0.142. The Labute approximate surface area is 167 Å². The molecule has 7 heteroatoms. The van der Waals surface area contributed by atoms with Crippen LogP contribution in [-0.4, -0.2) is 34.2 Å². The third kappa shape index (κ3) is 3.49. The van der Waals surface area contributed by atoms with Crippen molar-refractivity contribution in [3.05, 3.63) is 47.4 Å². The molecule has 2 aliphatic rings. The van der Waals surface area contributed by atoms with Gasteiger partial charge in [0.2, 0.25) is 17.7 Å². The number of allylic oxidation sites excluding steroid dienone is 2. The SMILES string of the molecule is CCc1ccc(-c2csc(NC(=O)CN3C(=O)[C@@H]4CC=CC[C@H]4C3=O)n2)cc1. The number of hydrogen-bond acceptors (Lipinski definition) is 5. The van der Waals surface area contributed by atoms with Crippen LogP contribution in [0.2, 0.25) is 0 Å². The van der Waals surface area contributed by atoms with Crippen LogP contribution in [0.3, 0.4) is 0 Å². The van der Waals surface area contributed by atoms with Gasteiger partial charge in [0, 0.05) is 10.9 Å². The number of rotatable bonds is 5. The lowest BCUT2D eigenvalue weighted by atomic mass is 9.85. The van der Waals surface area contributed by atoms with Crippen LogP contribution in [0.4, 0.5) is 5.13 Å². The summed E-state index contributed by atoms with van der Waals surface area (Å²) < 4.78 is 0. The zero-order chi connectivity index (χ0) is 19.7. The Kier molecular flexibility index (Phi) is 5.09. The van der Waals surface area contributed by atoms with Gasteiger partial charge in [0.05, 0.1) is 17.5 Å². The summed E-state index contributed by atoms with van der Waals surface area (Å²) >= 11 is 1.32. The summed E-state index contributed by atoms with van der Waals surface area (Å²) in [6, 6.07) is 8.14. The smallest absolute Gasteiger partial charge is 0.246 e. The standard InChI is InChI=1S/C21H21N3O3S/c1-2-13-7-9-14(10-8-13)17-12-28-21(22-17)23-18(25)11-24-19(26)15-5-3-4-6-16(15)20(24)27/h3-4,7-10,12,15-16H,2,5-6,11H2,1H3,(H,22,23,25)/t15-,16-/m1/s1. The highest BCUT2D eigenvalue weighted by atomic mass is 32.1. The van der Waals surface area contributed by atoms with Crippen LogP contribution < -0.4 is 5.32 Å². The summed E-state index contributed by atoms with van der Waals surface area (Å²) in [6.07, 6.45) is 5.98. The summed E-state index contributed by atoms with van der Waals surface area (Å²) in [5, 5.41) is 5.04. The van der Waals surface area contributed by atoms with Gasteiger partial charge in [-0.2, -0.15) is 0 Å². The fourth-order valence-corrected chi connectivity index (χ4v) is 4.44. The third-order valence-corrected chi connectivity index (χ3v) is 6.07. The number of carbonyl (C=O) groups is 3. The summed E-state index contributed by atoms with van der Waals surface area (Å²) in [5.41, 5.74) is 3.02. The van der Waals surface area contributed by atoms with E-state index in [1.165, 1.54) is 16.9 Å². The highest BCUT2D eigenvalue weighted by molar-refractivity contribution is 7.14. The Morgan fingerprint density at radius 2 is 1.79 bits per heavy atom. The van der Waals surface area contributed by atoms with E-state index in [2.05, 4.69) is 29.4 Å². The first-order valence-corrected chi connectivity index (χ1v) is 10.3. The number of benzene rings is 1. The molecule has 1 aromatic carbocycles. The predicted octanol–water partition coefficient (Wildman–Crippen LogP) is 3.26. The Balaban J connectivity index is 1.40. The van der Waals surface area contributed by atoms with Gasteiger partial charge in [0.1, 0.15) is 6.54 Å². The Hall–Kier alpha value is -2.80. The molecular weight excluding hydrogens is 374 g/mol. The van der Waals surface area contributed by atoms with Crippen molar-refractivity contribution in [3.8, 4) is 11.3 Å². The van der Waals surface area contributed by atoms with E-state index in [9.17, 15) is 14.4 Å². The quantitative estimate of drug-likeness (QED) is 0.623. The molecule has 0 saturated carbocycles. The Bertz CT molecular complexity index is 922. The number of anilines is 1. The van der Waals surface area contributed by atoms with Crippen LogP contribution >= 0.6 is 11.3 Å². The summed E-state index contributed by atoms with van der Waals surface area (Å²) in [6.45, 7) is 1.84. The van der Waals surface area contributed by atoms with Crippen molar-refractivity contribution in [1.29, 1.82) is 0 Å². The number of aryl methyl sites for hydroxylation is 1. The minimum absolute atomic E-state index is 0.245. The summed E-state index contributed by atoms with van der Waals surface area (Å²) in [5.74, 6) is -1.53. The van der Waals surface area contributed by atoms with Crippen molar-refractivity contribution in [2.45, 2.75) is 26.2 Å². The van der Waals surface area contributed by atoms with Gasteiger partial charge in [-0.3, -0.25) is 19.3 Å². The largest absolute Gasteiger partial charge is 0.300 e. The normalized spacial score (nSPS) is 21.1. The second kappa shape index (κ2) is 7.67. The zero-order valence-corrected chi connectivity index (χ0v) is 16.4. The molecule has 4 rings (SSSR count). The van der Waals surface area contributed by atoms with E-state index in [1.54, 1.807) is 0 Å². The van der Waals surface area contributed by atoms with Crippen molar-refractivity contribution < 1.29 is 14.4 Å². The van der Waals surface area contributed by atoms with E-state index in [1.807, 2.05) is 29.7 Å². The molecule has 1 saturated heterocycles. The van der Waals surface area contributed by atoms with Crippen molar-refractivity contribution in [3.63, 3.8) is 0 Å². The van der Waals surface area contributed by atoms with Crippen molar-refractivity contribution in [1.82, 2.24) is 9.88 Å². The first-order chi connectivity index (χ1) is 13.6. The van der Waals surface area contributed by atoms with Gasteiger partial charge in [-0.15, -0.1) is 11.3 Å². The van der Waals surface area contributed by atoms with E-state index >= 15 is 0 Å². The molecule has 1 aliphatic carbocycles. The first-order valence-electron chi connectivity index (χ1n) is 9.41. The first kappa shape index (κ1) is 18.6. The molecule has 0 spiro atoms. The molecule has 0 radical (unpaired) electrons. The number of likely N-dealkylation sites (tertiary alicyclic amines) is 1. The molecule has 144 valence electrons. The van der Waals surface area contributed by atoms with Gasteiger partial charge < -0.3 is 5.32 Å². The lowest BCUT2D eigenvalue weighted by Crippen LogP contribution is -2.38. The molecular formula is C21H21N3O3S. The van der Waals surface area contributed by atoms with Crippen LogP contribution in [-0.2, 0) is 20.8 Å². The van der Waals surface area contributed by atoms with Crippen LogP contribution in [0, 0.1) is 11.8 Å². The minimum Gasteiger partial charge on any atom is -0.300 e. The van der Waals surface area contributed by atoms with Gasteiger partial charge in [0.15, 0.2) is 5.13 Å². The van der Waals surface area contributed by atoms with E-state index in [-0.39, 0.29) is 30.2 Å². The molecule has 0 bridgehead atoms. The highest BCUT2D eigenvalue weighted by Crippen LogP contribution is 2.35. The second-order valence-electron chi connectivity index (χ2n) is 7.05. The van der Waals surface area contributed by atoms with Gasteiger partial charge in [-0.1, -0.05) is 43.3 Å². The van der Waals surface area contributed by atoms with Crippen LogP contribution in [0.25, 0.3) is 11.3 Å². The van der Waals surface area contributed by atoms with E-state index < -0.39 is 5.91 Å². The average molecular weight is 395 g/mol. The molecule has 2 atom stereocenters. The third-order valence-electron chi connectivity index (χ3n) is 5.31. The maximum absolute atomic E-state index is 12.5. The van der Waals surface area contributed by atoms with Crippen molar-refractivity contribution in [2.75, 3.05) is 11.9 Å². The Morgan fingerprint density at radius 3 is 2.39 bits per heavy atom. The average Bonchev–Trinajstić information content (AvgIpc) is 3.27. The van der Waals surface area contributed by atoms with Crippen molar-refractivity contribution >= 4 is 34.2 Å². The van der Waals surface area contributed by atoms with Gasteiger partial charge in [0.25, 0.3) is 0 Å². The van der Waals surface area contributed by atoms with Gasteiger partial charge >= 0.3 is 0 Å². The molecule has 1 aliphatic heterocycles. The Morgan fingerprint density at radius 1 is 1.14 bits per heavy atom. The van der Waals surface area contributed by atoms with E-state index in [0.717, 1.165) is 22.6 Å². The predicted molar refractivity (Wildman–Crippen MR) is 108 cm³/mol. The minimum atomic E-state index is -0.407. The monoisotopic (exact) mass is 395 g/mol. The second-order valence-corrected chi connectivity index (χ2v) is 7.91. The fraction of sp³-hybridized carbons (Fsp3) is 0.333. The highest BCUT2D eigenvalue weighted by Gasteiger charge is 2.47. The topological polar surface area (TPSA) is 79.4 Å². The summed E-state index contributed by atoms with van der Waals surface area (Å²) in [7, 11) is 0.